The Morgan fingerprint density at radius 3 is 2.34 bits per heavy atom. The van der Waals surface area contributed by atoms with Gasteiger partial charge in [0.2, 0.25) is 5.88 Å². The number of hydrogen-bond acceptors (Lipinski definition) is 5. The Bertz CT molecular complexity index is 1110. The second kappa shape index (κ2) is 9.86. The van der Waals surface area contributed by atoms with Crippen LogP contribution in [-0.4, -0.2) is 28.0 Å². The van der Waals surface area contributed by atoms with E-state index in [2.05, 4.69) is 15.6 Å². The molecule has 166 valence electrons. The van der Waals surface area contributed by atoms with Crippen LogP contribution in [0.2, 0.25) is 0 Å². The van der Waals surface area contributed by atoms with E-state index in [1.807, 2.05) is 13.8 Å². The number of phenolic OH excluding ortho intramolecular Hbond substituents is 1. The second-order valence-corrected chi connectivity index (χ2v) is 7.20. The Morgan fingerprint density at radius 1 is 1.03 bits per heavy atom. The Morgan fingerprint density at radius 2 is 1.75 bits per heavy atom. The Kier molecular flexibility index (Phi) is 6.99. The van der Waals surface area contributed by atoms with Gasteiger partial charge in [-0.1, -0.05) is 6.07 Å². The average Bonchev–Trinajstić information content (AvgIpc) is 2.72. The predicted molar refractivity (Wildman–Crippen MR) is 114 cm³/mol. The lowest BCUT2D eigenvalue weighted by molar-refractivity contribution is 0.0947. The van der Waals surface area contributed by atoms with Crippen LogP contribution in [0.15, 0.2) is 54.7 Å². The van der Waals surface area contributed by atoms with Gasteiger partial charge in [-0.25, -0.2) is 13.8 Å². The molecule has 0 atom stereocenters. The quantitative estimate of drug-likeness (QED) is 0.514. The fraction of sp³-hybridized carbons (Fsp3) is 0.174. The fourth-order valence-corrected chi connectivity index (χ4v) is 2.79. The van der Waals surface area contributed by atoms with Gasteiger partial charge in [-0.3, -0.25) is 9.59 Å². The van der Waals surface area contributed by atoms with Gasteiger partial charge in [-0.05, 0) is 43.7 Å². The van der Waals surface area contributed by atoms with Crippen LogP contribution in [-0.2, 0) is 6.54 Å². The van der Waals surface area contributed by atoms with Crippen LogP contribution in [0.1, 0.15) is 40.1 Å². The van der Waals surface area contributed by atoms with Crippen LogP contribution in [0.5, 0.6) is 11.6 Å². The van der Waals surface area contributed by atoms with Crippen LogP contribution < -0.4 is 15.4 Å². The molecule has 0 fully saturated rings. The number of aromatic hydroxyl groups is 1. The van der Waals surface area contributed by atoms with E-state index < -0.39 is 23.4 Å². The number of ether oxygens (including phenoxy) is 1. The molecular weight excluding hydrogens is 420 g/mol. The molecule has 1 heterocycles. The molecule has 32 heavy (non-hydrogen) atoms. The zero-order valence-corrected chi connectivity index (χ0v) is 17.4. The number of phenols is 1. The number of aromatic nitrogens is 1. The summed E-state index contributed by atoms with van der Waals surface area (Å²) in [6.07, 6.45) is 1.57. The number of benzene rings is 2. The molecule has 0 saturated heterocycles. The minimum absolute atomic E-state index is 0.00110. The van der Waals surface area contributed by atoms with Crippen molar-refractivity contribution < 1.29 is 28.2 Å². The molecule has 0 bridgehead atoms. The number of nitrogens with one attached hydrogen (secondary N) is 2. The average molecular weight is 441 g/mol. The van der Waals surface area contributed by atoms with Crippen molar-refractivity contribution in [2.24, 2.45) is 0 Å². The lowest BCUT2D eigenvalue weighted by Crippen LogP contribution is -2.23. The van der Waals surface area contributed by atoms with Crippen molar-refractivity contribution in [3.63, 3.8) is 0 Å². The zero-order valence-electron chi connectivity index (χ0n) is 17.4. The van der Waals surface area contributed by atoms with E-state index in [9.17, 15) is 23.5 Å². The molecular formula is C23H21F2N3O4. The monoisotopic (exact) mass is 441 g/mol. The number of nitrogens with zero attached hydrogens (tertiary/aromatic N) is 1. The van der Waals surface area contributed by atoms with E-state index in [0.29, 0.717) is 11.9 Å². The molecule has 9 heteroatoms. The summed E-state index contributed by atoms with van der Waals surface area (Å²) in [6, 6.07) is 9.76. The molecule has 1 aromatic heterocycles. The van der Waals surface area contributed by atoms with Gasteiger partial charge >= 0.3 is 0 Å². The highest BCUT2D eigenvalue weighted by Crippen LogP contribution is 2.23. The van der Waals surface area contributed by atoms with Crippen LogP contribution in [0, 0.1) is 11.6 Å². The number of rotatable bonds is 7. The van der Waals surface area contributed by atoms with Gasteiger partial charge < -0.3 is 20.5 Å². The van der Waals surface area contributed by atoms with Crippen molar-refractivity contribution in [2.75, 3.05) is 5.32 Å². The third kappa shape index (κ3) is 6.00. The molecule has 2 aromatic carbocycles. The second-order valence-electron chi connectivity index (χ2n) is 7.20. The molecule has 0 saturated carbocycles. The van der Waals surface area contributed by atoms with Gasteiger partial charge in [0.1, 0.15) is 17.4 Å². The topological polar surface area (TPSA) is 101 Å². The lowest BCUT2D eigenvalue weighted by Gasteiger charge is -2.11. The molecule has 0 radical (unpaired) electrons. The van der Waals surface area contributed by atoms with Gasteiger partial charge in [0.05, 0.1) is 11.7 Å². The standard InChI is InChI=1S/C23H21F2N3O4/c1-13(2)32-21-6-3-14(11-26-21)12-27-23(31)19-5-4-18(10-20(19)29)28-22(30)15-7-16(24)9-17(25)8-15/h3-11,13,29H,12H2,1-2H3,(H,27,31)(H,28,30). The first-order chi connectivity index (χ1) is 15.2. The summed E-state index contributed by atoms with van der Waals surface area (Å²) in [5.41, 5.74) is 0.661. The number of carbonyl (C=O) groups is 2. The maximum absolute atomic E-state index is 13.3. The van der Waals surface area contributed by atoms with Crippen molar-refractivity contribution in [1.82, 2.24) is 10.3 Å². The molecule has 0 aliphatic carbocycles. The van der Waals surface area contributed by atoms with Gasteiger partial charge in [0.15, 0.2) is 0 Å². The summed E-state index contributed by atoms with van der Waals surface area (Å²) in [7, 11) is 0. The number of halogens is 2. The van der Waals surface area contributed by atoms with E-state index in [4.69, 9.17) is 4.74 Å². The van der Waals surface area contributed by atoms with Crippen molar-refractivity contribution in [3.05, 3.63) is 83.1 Å². The van der Waals surface area contributed by atoms with E-state index in [1.54, 1.807) is 18.3 Å². The summed E-state index contributed by atoms with van der Waals surface area (Å²) in [5.74, 6) is -2.96. The van der Waals surface area contributed by atoms with E-state index in [1.165, 1.54) is 18.2 Å². The van der Waals surface area contributed by atoms with Crippen LogP contribution in [0.4, 0.5) is 14.5 Å². The van der Waals surface area contributed by atoms with Crippen LogP contribution in [0.3, 0.4) is 0 Å². The fourth-order valence-electron chi connectivity index (χ4n) is 2.79. The van der Waals surface area contributed by atoms with Crippen molar-refractivity contribution in [3.8, 4) is 11.6 Å². The summed E-state index contributed by atoms with van der Waals surface area (Å²) in [4.78, 5) is 28.7. The molecule has 3 rings (SSSR count). The highest BCUT2D eigenvalue weighted by molar-refractivity contribution is 6.05. The van der Waals surface area contributed by atoms with Gasteiger partial charge in [0.25, 0.3) is 11.8 Å². The third-order valence-electron chi connectivity index (χ3n) is 4.23. The molecule has 0 spiro atoms. The molecule has 3 N–H and O–H groups in total. The first-order valence-corrected chi connectivity index (χ1v) is 9.71. The number of carbonyl (C=O) groups excluding carboxylic acids is 2. The predicted octanol–water partition coefficient (Wildman–Crippen LogP) is 4.03. The minimum Gasteiger partial charge on any atom is -0.507 e. The molecule has 2 amide bonds. The minimum atomic E-state index is -0.887. The lowest BCUT2D eigenvalue weighted by atomic mass is 10.1. The normalized spacial score (nSPS) is 10.7. The van der Waals surface area contributed by atoms with Crippen LogP contribution >= 0.6 is 0 Å². The first-order valence-electron chi connectivity index (χ1n) is 9.71. The summed E-state index contributed by atoms with van der Waals surface area (Å²) in [5, 5.41) is 15.3. The van der Waals surface area contributed by atoms with Crippen molar-refractivity contribution >= 4 is 17.5 Å². The largest absolute Gasteiger partial charge is 0.507 e. The number of hydrogen-bond donors (Lipinski definition) is 3. The van der Waals surface area contributed by atoms with E-state index >= 15 is 0 Å². The van der Waals surface area contributed by atoms with Gasteiger partial charge in [-0.2, -0.15) is 0 Å². The van der Waals surface area contributed by atoms with Gasteiger partial charge in [0, 0.05) is 42.2 Å². The number of pyridine rings is 1. The molecule has 0 aliphatic heterocycles. The summed E-state index contributed by atoms with van der Waals surface area (Å²) < 4.78 is 32.0. The summed E-state index contributed by atoms with van der Waals surface area (Å²) >= 11 is 0. The first kappa shape index (κ1) is 22.7. The van der Waals surface area contributed by atoms with E-state index in [-0.39, 0.29) is 35.2 Å². The van der Waals surface area contributed by atoms with E-state index in [0.717, 1.165) is 17.7 Å². The highest BCUT2D eigenvalue weighted by atomic mass is 19.1. The molecule has 7 nitrogen and oxygen atoms in total. The molecule has 0 aliphatic rings. The maximum Gasteiger partial charge on any atom is 0.255 e. The van der Waals surface area contributed by atoms with Crippen molar-refractivity contribution in [2.45, 2.75) is 26.5 Å². The number of anilines is 1. The molecule has 0 unspecified atom stereocenters. The number of amides is 2. The zero-order chi connectivity index (χ0) is 23.3. The smallest absolute Gasteiger partial charge is 0.255 e. The Labute approximate surface area is 183 Å². The van der Waals surface area contributed by atoms with Gasteiger partial charge in [-0.15, -0.1) is 0 Å². The Hall–Kier alpha value is -4.01. The molecule has 3 aromatic rings. The SMILES string of the molecule is CC(C)Oc1ccc(CNC(=O)c2ccc(NC(=O)c3cc(F)cc(F)c3)cc2O)cn1. The third-order valence-corrected chi connectivity index (χ3v) is 4.23. The maximum atomic E-state index is 13.3. The van der Waals surface area contributed by atoms with Crippen molar-refractivity contribution in [1.29, 1.82) is 0 Å². The highest BCUT2D eigenvalue weighted by Gasteiger charge is 2.14. The van der Waals surface area contributed by atoms with Crippen LogP contribution in [0.25, 0.3) is 0 Å². The Balaban J connectivity index is 1.61. The summed E-state index contributed by atoms with van der Waals surface area (Å²) in [6.45, 7) is 3.96.